The van der Waals surface area contributed by atoms with Gasteiger partial charge in [0.25, 0.3) is 0 Å². The number of carbonyl (C=O) groups excluding carboxylic acids is 1. The van der Waals surface area contributed by atoms with Gasteiger partial charge in [-0.3, -0.25) is 0 Å². The fraction of sp³-hybridized carbons (Fsp3) is 0. The number of carboxylic acid groups (broad SMARTS) is 1. The SMILES string of the molecule is N=C=O.O=C(O)Cl. The zero-order chi connectivity index (χ0) is 6.28. The van der Waals surface area contributed by atoms with Crippen molar-refractivity contribution in [3.05, 3.63) is 0 Å². The third kappa shape index (κ3) is 68.5. The predicted molar refractivity (Wildman–Crippen MR) is 22.3 cm³/mol. The Labute approximate surface area is 44.2 Å². The van der Waals surface area contributed by atoms with E-state index < -0.39 is 5.43 Å². The smallest absolute Gasteiger partial charge is 0.401 e. The van der Waals surface area contributed by atoms with Crippen molar-refractivity contribution >= 4 is 23.1 Å². The van der Waals surface area contributed by atoms with Crippen LogP contribution in [-0.4, -0.2) is 16.6 Å². The van der Waals surface area contributed by atoms with Crippen LogP contribution in [-0.2, 0) is 4.79 Å². The van der Waals surface area contributed by atoms with Crippen LogP contribution in [0.3, 0.4) is 0 Å². The fourth-order valence-electron chi connectivity index (χ4n) is 0. The van der Waals surface area contributed by atoms with E-state index in [1.165, 1.54) is 0 Å². The van der Waals surface area contributed by atoms with Crippen LogP contribution in [0.25, 0.3) is 0 Å². The van der Waals surface area contributed by atoms with Crippen LogP contribution in [0.15, 0.2) is 0 Å². The largest absolute Gasteiger partial charge is 0.469 e. The van der Waals surface area contributed by atoms with E-state index in [1.54, 1.807) is 0 Å². The van der Waals surface area contributed by atoms with Gasteiger partial charge in [-0.25, -0.2) is 15.0 Å². The molecule has 40 valence electrons. The maximum Gasteiger partial charge on any atom is 0.401 e. The fourth-order valence-corrected chi connectivity index (χ4v) is 0. The molecule has 2 N–H and O–H groups in total. The molecule has 7 heavy (non-hydrogen) atoms. The Morgan fingerprint density at radius 2 is 1.86 bits per heavy atom. The third-order valence-electron chi connectivity index (χ3n) is 0. The first-order valence-electron chi connectivity index (χ1n) is 1.07. The van der Waals surface area contributed by atoms with Crippen LogP contribution in [0.4, 0.5) is 4.79 Å². The Morgan fingerprint density at radius 1 is 1.86 bits per heavy atom. The van der Waals surface area contributed by atoms with Gasteiger partial charge in [0, 0.05) is 11.6 Å². The van der Waals surface area contributed by atoms with Gasteiger partial charge >= 0.3 is 5.43 Å². The lowest BCUT2D eigenvalue weighted by molar-refractivity contribution is 0.220. The second-order valence-corrected chi connectivity index (χ2v) is 0.678. The highest BCUT2D eigenvalue weighted by molar-refractivity contribution is 6.60. The van der Waals surface area contributed by atoms with Gasteiger partial charge in [0.1, 0.15) is 0 Å². The average molecular weight is 123 g/mol. The van der Waals surface area contributed by atoms with E-state index in [2.05, 4.69) is 11.6 Å². The maximum absolute atomic E-state index is 8.77. The molecular formula is C2H2ClNO3. The summed E-state index contributed by atoms with van der Waals surface area (Å²) in [5, 5.41) is 12.6. The Balaban J connectivity index is 0. The van der Waals surface area contributed by atoms with Gasteiger partial charge in [-0.1, -0.05) is 0 Å². The lowest BCUT2D eigenvalue weighted by Gasteiger charge is -1.55. The number of carbonyl (C=O) groups is 1. The molecule has 0 aliphatic heterocycles. The van der Waals surface area contributed by atoms with Crippen LogP contribution >= 0.6 is 11.6 Å². The van der Waals surface area contributed by atoms with Crippen molar-refractivity contribution in [1.29, 1.82) is 5.41 Å². The molecule has 0 aliphatic rings. The average Bonchev–Trinajstić information content (AvgIpc) is 1.33. The number of halogens is 1. The van der Waals surface area contributed by atoms with Gasteiger partial charge in [0.05, 0.1) is 0 Å². The van der Waals surface area contributed by atoms with Gasteiger partial charge in [0.2, 0.25) is 6.08 Å². The topological polar surface area (TPSA) is 78.2 Å². The number of isocyanates is 1. The van der Waals surface area contributed by atoms with Crippen molar-refractivity contribution < 1.29 is 14.7 Å². The number of hydrogen-bond acceptors (Lipinski definition) is 3. The molecule has 0 aromatic rings. The molecule has 0 aromatic carbocycles. The van der Waals surface area contributed by atoms with E-state index in [4.69, 9.17) is 20.1 Å². The maximum atomic E-state index is 8.77. The third-order valence-corrected chi connectivity index (χ3v) is 0. The first kappa shape index (κ1) is 9.46. The summed E-state index contributed by atoms with van der Waals surface area (Å²) in [4.78, 5) is 17.1. The summed E-state index contributed by atoms with van der Waals surface area (Å²) in [5.74, 6) is 0. The first-order chi connectivity index (χ1) is 3.15. The normalized spacial score (nSPS) is 4.71. The van der Waals surface area contributed by atoms with Crippen molar-refractivity contribution in [2.45, 2.75) is 0 Å². The zero-order valence-corrected chi connectivity index (χ0v) is 3.90. The van der Waals surface area contributed by atoms with Gasteiger partial charge in [-0.05, 0) is 0 Å². The monoisotopic (exact) mass is 123 g/mol. The highest BCUT2D eigenvalue weighted by Gasteiger charge is 1.71. The second kappa shape index (κ2) is 8.94. The van der Waals surface area contributed by atoms with E-state index in [0.29, 0.717) is 0 Å². The van der Waals surface area contributed by atoms with Crippen LogP contribution < -0.4 is 0 Å². The van der Waals surface area contributed by atoms with Gasteiger partial charge in [0.15, 0.2) is 0 Å². The van der Waals surface area contributed by atoms with Crippen molar-refractivity contribution in [1.82, 2.24) is 0 Å². The number of nitrogens with one attached hydrogen (secondary N) is 1. The molecule has 0 heterocycles. The van der Waals surface area contributed by atoms with E-state index >= 15 is 0 Å². The van der Waals surface area contributed by atoms with Crippen LogP contribution in [0.2, 0.25) is 0 Å². The predicted octanol–water partition coefficient (Wildman–Crippen LogP) is 0.804. The van der Waals surface area contributed by atoms with Gasteiger partial charge in [-0.15, -0.1) is 0 Å². The molecule has 0 saturated heterocycles. The molecular weight excluding hydrogens is 121 g/mol. The minimum Gasteiger partial charge on any atom is -0.469 e. The molecule has 0 spiro atoms. The molecule has 0 saturated carbocycles. The van der Waals surface area contributed by atoms with Crippen molar-refractivity contribution in [2.24, 2.45) is 0 Å². The molecule has 0 rings (SSSR count). The van der Waals surface area contributed by atoms with E-state index in [9.17, 15) is 0 Å². The lowest BCUT2D eigenvalue weighted by atomic mass is 11.6. The van der Waals surface area contributed by atoms with Crippen molar-refractivity contribution in [3.63, 3.8) is 0 Å². The molecule has 0 fully saturated rings. The summed E-state index contributed by atoms with van der Waals surface area (Å²) >= 11 is 4.19. The molecule has 0 radical (unpaired) electrons. The molecule has 0 amide bonds. The molecule has 0 aromatic heterocycles. The number of rotatable bonds is 0. The van der Waals surface area contributed by atoms with Crippen molar-refractivity contribution in [2.75, 3.05) is 0 Å². The summed E-state index contributed by atoms with van der Waals surface area (Å²) < 4.78 is 0. The zero-order valence-electron chi connectivity index (χ0n) is 3.14. The van der Waals surface area contributed by atoms with E-state index in [0.717, 1.165) is 6.08 Å². The summed E-state index contributed by atoms with van der Waals surface area (Å²) in [5.41, 5.74) is -1.36. The van der Waals surface area contributed by atoms with Crippen LogP contribution in [0, 0.1) is 5.41 Å². The Bertz CT molecular complexity index is 80.9. The molecule has 0 bridgehead atoms. The molecule has 0 atom stereocenters. The summed E-state index contributed by atoms with van der Waals surface area (Å²) in [6.45, 7) is 0. The lowest BCUT2D eigenvalue weighted by Crippen LogP contribution is -1.66. The molecule has 0 aliphatic carbocycles. The molecule has 0 unspecified atom stereocenters. The minimum atomic E-state index is -1.36. The highest BCUT2D eigenvalue weighted by Crippen LogP contribution is 1.67. The molecule has 4 nitrogen and oxygen atoms in total. The second-order valence-electron chi connectivity index (χ2n) is 0.355. The van der Waals surface area contributed by atoms with E-state index in [-0.39, 0.29) is 0 Å². The minimum absolute atomic E-state index is 0.750. The Morgan fingerprint density at radius 3 is 1.86 bits per heavy atom. The quantitative estimate of drug-likeness (QED) is 0.284. The van der Waals surface area contributed by atoms with Crippen LogP contribution in [0.5, 0.6) is 0 Å². The van der Waals surface area contributed by atoms with Crippen LogP contribution in [0.1, 0.15) is 0 Å². The Hall–Kier alpha value is -0.860. The molecule has 5 heteroatoms. The highest BCUT2D eigenvalue weighted by atomic mass is 35.5. The summed E-state index contributed by atoms with van der Waals surface area (Å²) in [6.07, 6.45) is 0.750. The standard InChI is InChI=1S/CHClO2.CHNO/c2-1(3)4;2-1-3/h(H,3,4);2H. The first-order valence-corrected chi connectivity index (χ1v) is 1.45. The van der Waals surface area contributed by atoms with Gasteiger partial charge in [-0.2, -0.15) is 0 Å². The Kier molecular flexibility index (Phi) is 12.1. The van der Waals surface area contributed by atoms with Crippen molar-refractivity contribution in [3.8, 4) is 0 Å². The summed E-state index contributed by atoms with van der Waals surface area (Å²) in [6, 6.07) is 0. The van der Waals surface area contributed by atoms with Gasteiger partial charge < -0.3 is 5.11 Å². The number of hydrogen-bond donors (Lipinski definition) is 2. The van der Waals surface area contributed by atoms with E-state index in [1.807, 2.05) is 0 Å². The summed E-state index contributed by atoms with van der Waals surface area (Å²) in [7, 11) is 0.